The van der Waals surface area contributed by atoms with Crippen LogP contribution >= 0.6 is 11.6 Å². The van der Waals surface area contributed by atoms with E-state index in [1.807, 2.05) is 0 Å². The molecule has 1 aromatic heterocycles. The fourth-order valence-corrected chi connectivity index (χ4v) is 2.19. The van der Waals surface area contributed by atoms with Gasteiger partial charge in [0.2, 0.25) is 0 Å². The molecule has 110 valence electrons. The second-order valence-corrected chi connectivity index (χ2v) is 5.40. The number of benzene rings is 1. The van der Waals surface area contributed by atoms with Crippen LogP contribution in [-0.2, 0) is 6.42 Å². The summed E-state index contributed by atoms with van der Waals surface area (Å²) in [6.07, 6.45) is 2.93. The summed E-state index contributed by atoms with van der Waals surface area (Å²) >= 11 is 5.89. The van der Waals surface area contributed by atoms with Crippen molar-refractivity contribution in [2.45, 2.75) is 19.3 Å². The van der Waals surface area contributed by atoms with E-state index in [4.69, 9.17) is 11.6 Å². The molecule has 7 heteroatoms. The zero-order valence-electron chi connectivity index (χ0n) is 10.8. The van der Waals surface area contributed by atoms with Crippen LogP contribution in [0, 0.1) is 23.4 Å². The highest BCUT2D eigenvalue weighted by Crippen LogP contribution is 2.32. The molecule has 1 saturated carbocycles. The minimum Gasteiger partial charge on any atom is -0.335 e. The van der Waals surface area contributed by atoms with Crippen molar-refractivity contribution in [2.24, 2.45) is 5.92 Å². The van der Waals surface area contributed by atoms with Crippen LogP contribution in [0.2, 0.25) is 5.15 Å². The maximum absolute atomic E-state index is 13.6. The van der Waals surface area contributed by atoms with E-state index in [0.717, 1.165) is 12.8 Å². The van der Waals surface area contributed by atoms with Gasteiger partial charge in [-0.05, 0) is 18.8 Å². The van der Waals surface area contributed by atoms with E-state index < -0.39 is 23.1 Å². The molecule has 0 spiro atoms. The van der Waals surface area contributed by atoms with Crippen molar-refractivity contribution in [3.63, 3.8) is 0 Å². The van der Waals surface area contributed by atoms with Crippen LogP contribution in [-0.4, -0.2) is 9.97 Å². The van der Waals surface area contributed by atoms with Gasteiger partial charge >= 0.3 is 0 Å². The molecule has 0 atom stereocenters. The highest BCUT2D eigenvalue weighted by atomic mass is 35.5. The van der Waals surface area contributed by atoms with Gasteiger partial charge in [0.1, 0.15) is 28.3 Å². The average Bonchev–Trinajstić information content (AvgIpc) is 3.17. The van der Waals surface area contributed by atoms with Crippen molar-refractivity contribution >= 4 is 23.1 Å². The molecule has 1 aliphatic carbocycles. The molecule has 2 aromatic rings. The zero-order valence-corrected chi connectivity index (χ0v) is 11.6. The molecule has 1 aromatic carbocycles. The summed E-state index contributed by atoms with van der Waals surface area (Å²) in [5.74, 6) is -1.80. The van der Waals surface area contributed by atoms with E-state index in [-0.39, 0.29) is 11.0 Å². The highest BCUT2D eigenvalue weighted by Gasteiger charge is 2.23. The third kappa shape index (κ3) is 3.44. The molecule has 1 fully saturated rings. The zero-order chi connectivity index (χ0) is 15.0. The van der Waals surface area contributed by atoms with Crippen LogP contribution in [0.15, 0.2) is 18.2 Å². The molecule has 21 heavy (non-hydrogen) atoms. The van der Waals surface area contributed by atoms with Gasteiger partial charge in [-0.1, -0.05) is 11.6 Å². The Hall–Kier alpha value is -1.82. The quantitative estimate of drug-likeness (QED) is 0.858. The van der Waals surface area contributed by atoms with Gasteiger partial charge in [-0.2, -0.15) is 0 Å². The molecule has 0 aliphatic heterocycles. The summed E-state index contributed by atoms with van der Waals surface area (Å²) in [5, 5.41) is 2.68. The lowest BCUT2D eigenvalue weighted by molar-refractivity contribution is 0.548. The Balaban J connectivity index is 1.88. The molecule has 1 N–H and O–H groups in total. The minimum atomic E-state index is -1.04. The molecule has 0 amide bonds. The lowest BCUT2D eigenvalue weighted by Crippen LogP contribution is -2.04. The number of rotatable bonds is 4. The Labute approximate surface area is 124 Å². The first-order chi connectivity index (χ1) is 10.0. The van der Waals surface area contributed by atoms with Gasteiger partial charge in [-0.25, -0.2) is 23.1 Å². The van der Waals surface area contributed by atoms with Gasteiger partial charge in [-0.15, -0.1) is 0 Å². The number of halogens is 4. The second-order valence-electron chi connectivity index (χ2n) is 5.01. The minimum absolute atomic E-state index is 0.176. The van der Waals surface area contributed by atoms with Gasteiger partial charge in [0.15, 0.2) is 11.6 Å². The fraction of sp³-hybridized carbons (Fsp3) is 0.286. The van der Waals surface area contributed by atoms with Crippen molar-refractivity contribution in [1.29, 1.82) is 0 Å². The first kappa shape index (κ1) is 14.1. The Kier molecular flexibility index (Phi) is 3.71. The SMILES string of the molecule is Fc1cc(F)c(Nc2cc(Cl)nc(CC3CC3)n2)c(F)c1. The highest BCUT2D eigenvalue weighted by molar-refractivity contribution is 6.29. The van der Waals surface area contributed by atoms with Crippen molar-refractivity contribution in [3.05, 3.63) is 46.6 Å². The molecule has 3 rings (SSSR count). The van der Waals surface area contributed by atoms with Crippen LogP contribution in [0.1, 0.15) is 18.7 Å². The second kappa shape index (κ2) is 5.52. The number of nitrogens with one attached hydrogen (secondary N) is 1. The molecule has 3 nitrogen and oxygen atoms in total. The van der Waals surface area contributed by atoms with Crippen molar-refractivity contribution in [2.75, 3.05) is 5.32 Å². The average molecular weight is 314 g/mol. The molecule has 0 saturated heterocycles. The third-order valence-electron chi connectivity index (χ3n) is 3.17. The van der Waals surface area contributed by atoms with Gasteiger partial charge in [0, 0.05) is 24.6 Å². The largest absolute Gasteiger partial charge is 0.335 e. The summed E-state index contributed by atoms with van der Waals surface area (Å²) in [4.78, 5) is 8.26. The molecule has 0 bridgehead atoms. The van der Waals surface area contributed by atoms with Gasteiger partial charge in [0.05, 0.1) is 0 Å². The van der Waals surface area contributed by atoms with E-state index in [2.05, 4.69) is 15.3 Å². The van der Waals surface area contributed by atoms with Gasteiger partial charge < -0.3 is 5.32 Å². The lowest BCUT2D eigenvalue weighted by Gasteiger charge is -2.10. The molecule has 1 heterocycles. The Morgan fingerprint density at radius 2 is 1.76 bits per heavy atom. The number of nitrogens with zero attached hydrogens (tertiary/aromatic N) is 2. The van der Waals surface area contributed by atoms with Crippen molar-refractivity contribution in [1.82, 2.24) is 9.97 Å². The Morgan fingerprint density at radius 1 is 1.10 bits per heavy atom. The topological polar surface area (TPSA) is 37.8 Å². The Morgan fingerprint density at radius 3 is 2.38 bits per heavy atom. The smallest absolute Gasteiger partial charge is 0.152 e. The summed E-state index contributed by atoms with van der Waals surface area (Å²) in [6.45, 7) is 0. The van der Waals surface area contributed by atoms with E-state index in [1.165, 1.54) is 6.07 Å². The maximum Gasteiger partial charge on any atom is 0.152 e. The van der Waals surface area contributed by atoms with E-state index in [1.54, 1.807) is 0 Å². The molecule has 0 radical (unpaired) electrons. The molecular weight excluding hydrogens is 303 g/mol. The van der Waals surface area contributed by atoms with Crippen LogP contribution in [0.4, 0.5) is 24.7 Å². The first-order valence-corrected chi connectivity index (χ1v) is 6.84. The summed E-state index contributed by atoms with van der Waals surface area (Å²) in [5.41, 5.74) is -0.469. The van der Waals surface area contributed by atoms with Crippen molar-refractivity contribution in [3.8, 4) is 0 Å². The summed E-state index contributed by atoms with van der Waals surface area (Å²) in [6, 6.07) is 2.55. The fourth-order valence-electron chi connectivity index (χ4n) is 1.99. The Bertz CT molecular complexity index is 666. The van der Waals surface area contributed by atoms with Gasteiger partial charge in [0.25, 0.3) is 0 Å². The van der Waals surface area contributed by atoms with Crippen LogP contribution in [0.3, 0.4) is 0 Å². The number of hydrogen-bond acceptors (Lipinski definition) is 3. The third-order valence-corrected chi connectivity index (χ3v) is 3.36. The van der Waals surface area contributed by atoms with Crippen molar-refractivity contribution < 1.29 is 13.2 Å². The van der Waals surface area contributed by atoms with E-state index in [9.17, 15) is 13.2 Å². The normalized spacial score (nSPS) is 14.3. The molecule has 0 unspecified atom stereocenters. The van der Waals surface area contributed by atoms with E-state index >= 15 is 0 Å². The predicted molar refractivity (Wildman–Crippen MR) is 73.1 cm³/mol. The van der Waals surface area contributed by atoms with Crippen LogP contribution in [0.5, 0.6) is 0 Å². The maximum atomic E-state index is 13.6. The molecular formula is C14H11ClF3N3. The number of anilines is 2. The number of aromatic nitrogens is 2. The standard InChI is InChI=1S/C14H11ClF3N3/c15-11-6-13(20-12(19-11)3-7-1-2-7)21-14-9(17)4-8(16)5-10(14)18/h4-7H,1-3H2,(H,19,20,21). The first-order valence-electron chi connectivity index (χ1n) is 6.46. The summed E-state index contributed by atoms with van der Waals surface area (Å²) in [7, 11) is 0. The van der Waals surface area contributed by atoms with Crippen LogP contribution < -0.4 is 5.32 Å². The number of hydrogen-bond donors (Lipinski definition) is 1. The summed E-state index contributed by atoms with van der Waals surface area (Å²) < 4.78 is 40.1. The monoisotopic (exact) mass is 313 g/mol. The lowest BCUT2D eigenvalue weighted by atomic mass is 10.2. The van der Waals surface area contributed by atoms with E-state index in [0.29, 0.717) is 30.3 Å². The molecule has 1 aliphatic rings. The van der Waals surface area contributed by atoms with Gasteiger partial charge in [-0.3, -0.25) is 0 Å². The predicted octanol–water partition coefficient (Wildman–Crippen LogP) is 4.24. The van der Waals surface area contributed by atoms with Crippen LogP contribution in [0.25, 0.3) is 0 Å².